The van der Waals surface area contributed by atoms with Crippen molar-refractivity contribution in [3.05, 3.63) is 59.2 Å². The van der Waals surface area contributed by atoms with Gasteiger partial charge in [-0.25, -0.2) is 0 Å². The summed E-state index contributed by atoms with van der Waals surface area (Å²) in [7, 11) is 0. The maximum atomic E-state index is 12.5. The zero-order valence-electron chi connectivity index (χ0n) is 16.8. The molecule has 0 radical (unpaired) electrons. The number of thioether (sulfide) groups is 1. The fourth-order valence-electron chi connectivity index (χ4n) is 2.98. The van der Waals surface area contributed by atoms with E-state index in [1.54, 1.807) is 28.9 Å². The largest absolute Gasteiger partial charge is 0.349 e. The third-order valence-corrected chi connectivity index (χ3v) is 5.86. The number of nitrogens with one attached hydrogen (secondary N) is 2. The van der Waals surface area contributed by atoms with Gasteiger partial charge < -0.3 is 10.6 Å². The molecule has 4 rings (SSSR count). The Bertz CT molecular complexity index is 1090. The van der Waals surface area contributed by atoms with Crippen molar-refractivity contribution in [1.82, 2.24) is 25.5 Å². The lowest BCUT2D eigenvalue weighted by Gasteiger charge is -2.11. The minimum absolute atomic E-state index is 0.115. The highest BCUT2D eigenvalue weighted by Gasteiger charge is 2.25. The first-order chi connectivity index (χ1) is 14.5. The molecule has 154 valence electrons. The zero-order valence-corrected chi connectivity index (χ0v) is 17.6. The Balaban J connectivity index is 1.43. The molecule has 1 heterocycles. The van der Waals surface area contributed by atoms with Crippen molar-refractivity contribution in [2.24, 2.45) is 0 Å². The van der Waals surface area contributed by atoms with Crippen molar-refractivity contribution >= 4 is 29.3 Å². The Morgan fingerprint density at radius 1 is 1.13 bits per heavy atom. The maximum Gasteiger partial charge on any atom is 0.253 e. The second-order valence-corrected chi connectivity index (χ2v) is 8.16. The summed E-state index contributed by atoms with van der Waals surface area (Å²) in [5, 5.41) is 18.2. The maximum absolute atomic E-state index is 12.5. The Labute approximate surface area is 178 Å². The minimum atomic E-state index is -0.234. The van der Waals surface area contributed by atoms with Crippen LogP contribution in [-0.2, 0) is 4.79 Å². The number of aromatic nitrogens is 4. The average Bonchev–Trinajstić information content (AvgIpc) is 3.43. The number of nitrogens with zero attached hydrogens (tertiary/aromatic N) is 4. The lowest BCUT2D eigenvalue weighted by molar-refractivity contribution is -0.113. The van der Waals surface area contributed by atoms with Gasteiger partial charge in [-0.1, -0.05) is 36.0 Å². The normalized spacial score (nSPS) is 13.1. The third kappa shape index (κ3) is 4.51. The highest BCUT2D eigenvalue weighted by atomic mass is 32.2. The molecule has 0 aliphatic heterocycles. The SMILES string of the molecule is Cc1cccc(-n2nnnc2SCC(=O)Nc2ccccc2C(=O)NC2CC2)c1C. The molecule has 9 heteroatoms. The molecule has 1 saturated carbocycles. The van der Waals surface area contributed by atoms with Crippen molar-refractivity contribution in [2.75, 3.05) is 11.1 Å². The van der Waals surface area contributed by atoms with E-state index in [0.717, 1.165) is 29.7 Å². The van der Waals surface area contributed by atoms with Crippen LogP contribution < -0.4 is 10.6 Å². The summed E-state index contributed by atoms with van der Waals surface area (Å²) in [6.07, 6.45) is 2.01. The number of para-hydroxylation sites is 1. The molecular weight excluding hydrogens is 400 g/mol. The third-order valence-electron chi connectivity index (χ3n) is 4.94. The van der Waals surface area contributed by atoms with E-state index in [4.69, 9.17) is 0 Å². The Morgan fingerprint density at radius 2 is 1.93 bits per heavy atom. The molecule has 1 fully saturated rings. The molecule has 8 nitrogen and oxygen atoms in total. The summed E-state index contributed by atoms with van der Waals surface area (Å²) in [5.74, 6) is -0.286. The fraction of sp³-hybridized carbons (Fsp3) is 0.286. The lowest BCUT2D eigenvalue weighted by atomic mass is 10.1. The molecule has 30 heavy (non-hydrogen) atoms. The van der Waals surface area contributed by atoms with Gasteiger partial charge in [0, 0.05) is 6.04 Å². The summed E-state index contributed by atoms with van der Waals surface area (Å²) in [6, 6.07) is 13.2. The van der Waals surface area contributed by atoms with Crippen LogP contribution in [-0.4, -0.2) is 43.8 Å². The molecule has 0 unspecified atom stereocenters. The summed E-state index contributed by atoms with van der Waals surface area (Å²) in [5.41, 5.74) is 4.05. The second kappa shape index (κ2) is 8.66. The smallest absolute Gasteiger partial charge is 0.253 e. The van der Waals surface area contributed by atoms with E-state index >= 15 is 0 Å². The number of hydrogen-bond acceptors (Lipinski definition) is 6. The van der Waals surface area contributed by atoms with Crippen LogP contribution in [0, 0.1) is 13.8 Å². The van der Waals surface area contributed by atoms with Gasteiger partial charge in [-0.2, -0.15) is 4.68 Å². The summed E-state index contributed by atoms with van der Waals surface area (Å²) in [6.45, 7) is 4.04. The van der Waals surface area contributed by atoms with Crippen LogP contribution >= 0.6 is 11.8 Å². The standard InChI is InChI=1S/C21H22N6O2S/c1-13-6-5-9-18(14(13)2)27-21(24-25-26-27)30-12-19(28)23-17-8-4-3-7-16(17)20(29)22-15-10-11-15/h3-9,15H,10-12H2,1-2H3,(H,22,29)(H,23,28). The average molecular weight is 423 g/mol. The number of amides is 2. The number of tetrazole rings is 1. The van der Waals surface area contributed by atoms with Crippen molar-refractivity contribution in [3.63, 3.8) is 0 Å². The lowest BCUT2D eigenvalue weighted by Crippen LogP contribution is -2.27. The van der Waals surface area contributed by atoms with Crippen LogP contribution in [0.15, 0.2) is 47.6 Å². The molecule has 2 N–H and O–H groups in total. The molecule has 1 aromatic heterocycles. The van der Waals surface area contributed by atoms with Gasteiger partial charge in [0.05, 0.1) is 22.7 Å². The molecule has 2 aromatic carbocycles. The van der Waals surface area contributed by atoms with Gasteiger partial charge in [0.15, 0.2) is 0 Å². The number of carbonyl (C=O) groups is 2. The van der Waals surface area contributed by atoms with E-state index in [9.17, 15) is 9.59 Å². The molecule has 2 amide bonds. The molecule has 0 spiro atoms. The van der Waals surface area contributed by atoms with Crippen molar-refractivity contribution < 1.29 is 9.59 Å². The van der Waals surface area contributed by atoms with Gasteiger partial charge in [-0.3, -0.25) is 9.59 Å². The van der Waals surface area contributed by atoms with E-state index in [0.29, 0.717) is 16.4 Å². The first kappa shape index (κ1) is 20.1. The highest BCUT2D eigenvalue weighted by molar-refractivity contribution is 7.99. The molecule has 1 aliphatic rings. The number of aryl methyl sites for hydroxylation is 1. The van der Waals surface area contributed by atoms with Gasteiger partial charge in [-0.15, -0.1) is 5.10 Å². The second-order valence-electron chi connectivity index (χ2n) is 7.22. The van der Waals surface area contributed by atoms with Crippen molar-refractivity contribution in [1.29, 1.82) is 0 Å². The van der Waals surface area contributed by atoms with Crippen LogP contribution in [0.3, 0.4) is 0 Å². The highest BCUT2D eigenvalue weighted by Crippen LogP contribution is 2.24. The summed E-state index contributed by atoms with van der Waals surface area (Å²) in [4.78, 5) is 24.9. The van der Waals surface area contributed by atoms with Crippen LogP contribution in [0.4, 0.5) is 5.69 Å². The number of carbonyl (C=O) groups excluding carboxylic acids is 2. The van der Waals surface area contributed by atoms with Crippen molar-refractivity contribution in [3.8, 4) is 5.69 Å². The molecule has 0 saturated heterocycles. The van der Waals surface area contributed by atoms with Gasteiger partial charge in [0.1, 0.15) is 0 Å². The van der Waals surface area contributed by atoms with Crippen LogP contribution in [0.5, 0.6) is 0 Å². The Morgan fingerprint density at radius 3 is 2.73 bits per heavy atom. The van der Waals surface area contributed by atoms with Gasteiger partial charge in [0.25, 0.3) is 5.91 Å². The van der Waals surface area contributed by atoms with Gasteiger partial charge in [-0.05, 0) is 66.4 Å². The van der Waals surface area contributed by atoms with E-state index < -0.39 is 0 Å². The monoisotopic (exact) mass is 422 g/mol. The topological polar surface area (TPSA) is 102 Å². The number of rotatable bonds is 7. The number of benzene rings is 2. The zero-order chi connectivity index (χ0) is 21.1. The molecule has 1 aliphatic carbocycles. The van der Waals surface area contributed by atoms with Crippen LogP contribution in [0.25, 0.3) is 5.69 Å². The molecular formula is C21H22N6O2S. The first-order valence-electron chi connectivity index (χ1n) is 9.70. The summed E-state index contributed by atoms with van der Waals surface area (Å²) >= 11 is 1.24. The van der Waals surface area contributed by atoms with E-state index in [1.807, 2.05) is 32.0 Å². The fourth-order valence-corrected chi connectivity index (χ4v) is 3.67. The van der Waals surface area contributed by atoms with E-state index in [2.05, 4.69) is 26.2 Å². The Hall–Kier alpha value is -3.20. The number of hydrogen-bond donors (Lipinski definition) is 2. The predicted octanol–water partition coefficient (Wildman–Crippen LogP) is 2.90. The predicted molar refractivity (Wildman–Crippen MR) is 115 cm³/mol. The number of anilines is 1. The van der Waals surface area contributed by atoms with Crippen LogP contribution in [0.1, 0.15) is 34.3 Å². The van der Waals surface area contributed by atoms with E-state index in [1.165, 1.54) is 11.8 Å². The van der Waals surface area contributed by atoms with Crippen LogP contribution in [0.2, 0.25) is 0 Å². The Kier molecular flexibility index (Phi) is 5.80. The molecule has 0 bridgehead atoms. The molecule has 3 aromatic rings. The van der Waals surface area contributed by atoms with Gasteiger partial charge in [0.2, 0.25) is 11.1 Å². The molecule has 0 atom stereocenters. The first-order valence-corrected chi connectivity index (χ1v) is 10.7. The van der Waals surface area contributed by atoms with Crippen molar-refractivity contribution in [2.45, 2.75) is 37.9 Å². The van der Waals surface area contributed by atoms with Gasteiger partial charge >= 0.3 is 0 Å². The van der Waals surface area contributed by atoms with E-state index in [-0.39, 0.29) is 23.6 Å². The minimum Gasteiger partial charge on any atom is -0.349 e. The summed E-state index contributed by atoms with van der Waals surface area (Å²) < 4.78 is 1.64. The quantitative estimate of drug-likeness (QED) is 0.568.